The average Bonchev–Trinajstić information content (AvgIpc) is 2.81. The van der Waals surface area contributed by atoms with E-state index >= 15 is 0 Å². The van der Waals surface area contributed by atoms with Crippen molar-refractivity contribution in [1.82, 2.24) is 0 Å². The van der Waals surface area contributed by atoms with E-state index in [9.17, 15) is 4.79 Å². The molecular formula is C27H40N2O3. The summed E-state index contributed by atoms with van der Waals surface area (Å²) in [5.74, 6) is 1.55. The second-order valence-corrected chi connectivity index (χ2v) is 8.13. The molecule has 5 nitrogen and oxygen atoms in total. The van der Waals surface area contributed by atoms with Crippen molar-refractivity contribution >= 4 is 17.3 Å². The maximum absolute atomic E-state index is 12.3. The van der Waals surface area contributed by atoms with Gasteiger partial charge in [-0.1, -0.05) is 64.9 Å². The number of unbranched alkanes of at least 4 members (excludes halogenated alkanes) is 7. The summed E-state index contributed by atoms with van der Waals surface area (Å²) in [5, 5.41) is 6.07. The Labute approximate surface area is 193 Å². The molecule has 0 saturated carbocycles. The van der Waals surface area contributed by atoms with E-state index in [1.165, 1.54) is 44.9 Å². The highest BCUT2D eigenvalue weighted by Crippen LogP contribution is 2.19. The van der Waals surface area contributed by atoms with Crippen molar-refractivity contribution in [1.29, 1.82) is 0 Å². The van der Waals surface area contributed by atoms with E-state index in [-0.39, 0.29) is 12.5 Å². The van der Waals surface area contributed by atoms with Gasteiger partial charge in [0.1, 0.15) is 11.5 Å². The van der Waals surface area contributed by atoms with Crippen molar-refractivity contribution in [2.75, 3.05) is 30.4 Å². The molecule has 32 heavy (non-hydrogen) atoms. The van der Waals surface area contributed by atoms with Gasteiger partial charge in [-0.15, -0.1) is 0 Å². The van der Waals surface area contributed by atoms with E-state index in [0.717, 1.165) is 42.3 Å². The maximum atomic E-state index is 12.3. The highest BCUT2D eigenvalue weighted by Gasteiger charge is 2.04. The minimum Gasteiger partial charge on any atom is -0.494 e. The molecule has 0 bridgehead atoms. The zero-order valence-electron chi connectivity index (χ0n) is 19.8. The highest BCUT2D eigenvalue weighted by atomic mass is 16.5. The summed E-state index contributed by atoms with van der Waals surface area (Å²) in [4.78, 5) is 12.3. The van der Waals surface area contributed by atoms with Crippen molar-refractivity contribution in [3.05, 3.63) is 48.5 Å². The van der Waals surface area contributed by atoms with Crippen molar-refractivity contribution in [3.63, 3.8) is 0 Å². The van der Waals surface area contributed by atoms with Crippen molar-refractivity contribution in [2.24, 2.45) is 0 Å². The fourth-order valence-electron chi connectivity index (χ4n) is 3.33. The molecule has 0 unspecified atom stereocenters. The molecule has 0 aliphatic heterocycles. The molecule has 0 aromatic heterocycles. The monoisotopic (exact) mass is 440 g/mol. The zero-order valence-corrected chi connectivity index (χ0v) is 19.8. The standard InChI is InChI=1S/C27H40N2O3/c1-3-5-7-9-11-20-32-26-14-12-13-24(21-26)29-27(30)22-28-23-15-17-25(18-16-23)31-19-10-8-6-4-2/h12-18,21,28H,3-11,19-20,22H2,1-2H3,(H,29,30). The van der Waals surface area contributed by atoms with Crippen LogP contribution in [0.1, 0.15) is 71.6 Å². The third kappa shape index (κ3) is 11.1. The van der Waals surface area contributed by atoms with Crippen molar-refractivity contribution < 1.29 is 14.3 Å². The third-order valence-electron chi connectivity index (χ3n) is 5.21. The van der Waals surface area contributed by atoms with Crippen LogP contribution in [-0.4, -0.2) is 25.7 Å². The van der Waals surface area contributed by atoms with Gasteiger partial charge in [0.25, 0.3) is 0 Å². The first-order chi connectivity index (χ1) is 15.7. The van der Waals surface area contributed by atoms with Crippen LogP contribution in [0.4, 0.5) is 11.4 Å². The molecule has 0 fully saturated rings. The number of ether oxygens (including phenoxy) is 2. The molecule has 176 valence electrons. The van der Waals surface area contributed by atoms with Gasteiger partial charge in [-0.2, -0.15) is 0 Å². The molecule has 0 spiro atoms. The summed E-state index contributed by atoms with van der Waals surface area (Å²) in [5.41, 5.74) is 1.63. The number of nitrogens with one attached hydrogen (secondary N) is 2. The van der Waals surface area contributed by atoms with Crippen LogP contribution in [-0.2, 0) is 4.79 Å². The molecule has 0 aliphatic carbocycles. The Morgan fingerprint density at radius 1 is 0.719 bits per heavy atom. The van der Waals surface area contributed by atoms with E-state index in [0.29, 0.717) is 6.61 Å². The average molecular weight is 441 g/mol. The summed E-state index contributed by atoms with van der Waals surface area (Å²) in [6.07, 6.45) is 10.8. The molecule has 1 amide bonds. The van der Waals surface area contributed by atoms with Gasteiger partial charge in [-0.05, 0) is 49.2 Å². The normalized spacial score (nSPS) is 10.6. The van der Waals surface area contributed by atoms with Crippen LogP contribution in [0.15, 0.2) is 48.5 Å². The van der Waals surface area contributed by atoms with Gasteiger partial charge in [0, 0.05) is 17.4 Å². The third-order valence-corrected chi connectivity index (χ3v) is 5.21. The summed E-state index contributed by atoms with van der Waals surface area (Å²) in [7, 11) is 0. The Bertz CT molecular complexity index is 762. The topological polar surface area (TPSA) is 59.6 Å². The highest BCUT2D eigenvalue weighted by molar-refractivity contribution is 5.93. The van der Waals surface area contributed by atoms with Crippen LogP contribution >= 0.6 is 0 Å². The number of carbonyl (C=O) groups excluding carboxylic acids is 1. The molecule has 2 N–H and O–H groups in total. The first kappa shape index (κ1) is 25.6. The summed E-state index contributed by atoms with van der Waals surface area (Å²) in [6.45, 7) is 6.07. The number of benzene rings is 2. The summed E-state index contributed by atoms with van der Waals surface area (Å²) < 4.78 is 11.6. The first-order valence-electron chi connectivity index (χ1n) is 12.2. The lowest BCUT2D eigenvalue weighted by molar-refractivity contribution is -0.114. The number of hydrogen-bond donors (Lipinski definition) is 2. The van der Waals surface area contributed by atoms with Crippen molar-refractivity contribution in [2.45, 2.75) is 71.6 Å². The number of carbonyl (C=O) groups is 1. The van der Waals surface area contributed by atoms with Crippen LogP contribution in [0.3, 0.4) is 0 Å². The second kappa shape index (κ2) is 16.0. The van der Waals surface area contributed by atoms with Gasteiger partial charge in [-0.25, -0.2) is 0 Å². The zero-order chi connectivity index (χ0) is 22.9. The Kier molecular flexibility index (Phi) is 12.8. The number of rotatable bonds is 17. The molecule has 0 radical (unpaired) electrons. The Balaban J connectivity index is 1.67. The molecule has 2 rings (SSSR count). The van der Waals surface area contributed by atoms with Gasteiger partial charge in [0.15, 0.2) is 0 Å². The number of amides is 1. The predicted octanol–water partition coefficient (Wildman–Crippen LogP) is 7.05. The molecule has 0 saturated heterocycles. The first-order valence-corrected chi connectivity index (χ1v) is 12.2. The summed E-state index contributed by atoms with van der Waals surface area (Å²) in [6, 6.07) is 15.3. The van der Waals surface area contributed by atoms with E-state index in [4.69, 9.17) is 9.47 Å². The Morgan fingerprint density at radius 3 is 2.03 bits per heavy atom. The fourth-order valence-corrected chi connectivity index (χ4v) is 3.33. The molecule has 2 aromatic carbocycles. The van der Waals surface area contributed by atoms with E-state index in [1.54, 1.807) is 0 Å². The molecule has 2 aromatic rings. The lowest BCUT2D eigenvalue weighted by Crippen LogP contribution is -2.21. The fraction of sp³-hybridized carbons (Fsp3) is 0.519. The van der Waals surface area contributed by atoms with Gasteiger partial charge in [-0.3, -0.25) is 4.79 Å². The van der Waals surface area contributed by atoms with E-state index < -0.39 is 0 Å². The molecule has 0 heterocycles. The largest absolute Gasteiger partial charge is 0.494 e. The molecular weight excluding hydrogens is 400 g/mol. The predicted molar refractivity (Wildman–Crippen MR) is 134 cm³/mol. The molecule has 5 heteroatoms. The molecule has 0 atom stereocenters. The lowest BCUT2D eigenvalue weighted by atomic mass is 10.2. The van der Waals surface area contributed by atoms with Crippen LogP contribution in [0.5, 0.6) is 11.5 Å². The quantitative estimate of drug-likeness (QED) is 0.259. The number of hydrogen-bond acceptors (Lipinski definition) is 4. The van der Waals surface area contributed by atoms with Gasteiger partial charge < -0.3 is 20.1 Å². The van der Waals surface area contributed by atoms with Gasteiger partial charge in [0.2, 0.25) is 5.91 Å². The van der Waals surface area contributed by atoms with Crippen LogP contribution < -0.4 is 20.1 Å². The second-order valence-electron chi connectivity index (χ2n) is 8.13. The van der Waals surface area contributed by atoms with Gasteiger partial charge >= 0.3 is 0 Å². The van der Waals surface area contributed by atoms with Crippen LogP contribution in [0.2, 0.25) is 0 Å². The number of anilines is 2. The van der Waals surface area contributed by atoms with Gasteiger partial charge in [0.05, 0.1) is 19.8 Å². The lowest BCUT2D eigenvalue weighted by Gasteiger charge is -2.11. The molecule has 0 aliphatic rings. The van der Waals surface area contributed by atoms with Crippen LogP contribution in [0, 0.1) is 0 Å². The maximum Gasteiger partial charge on any atom is 0.243 e. The SMILES string of the molecule is CCCCCCCOc1cccc(NC(=O)CNc2ccc(OCCCCCC)cc2)c1. The van der Waals surface area contributed by atoms with Crippen molar-refractivity contribution in [3.8, 4) is 11.5 Å². The smallest absolute Gasteiger partial charge is 0.243 e. The minimum absolute atomic E-state index is 0.0991. The minimum atomic E-state index is -0.0991. The Hall–Kier alpha value is -2.69. The van der Waals surface area contributed by atoms with Crippen LogP contribution in [0.25, 0.3) is 0 Å². The summed E-state index contributed by atoms with van der Waals surface area (Å²) >= 11 is 0. The van der Waals surface area contributed by atoms with E-state index in [1.807, 2.05) is 48.5 Å². The Morgan fingerprint density at radius 2 is 1.34 bits per heavy atom. The van der Waals surface area contributed by atoms with E-state index in [2.05, 4.69) is 24.5 Å².